The van der Waals surface area contributed by atoms with E-state index >= 15 is 0 Å². The minimum absolute atomic E-state index is 0.115. The van der Waals surface area contributed by atoms with Gasteiger partial charge < -0.3 is 5.32 Å². The molecule has 1 heterocycles. The Labute approximate surface area is 83.8 Å². The molecular formula is C11H13N3. The van der Waals surface area contributed by atoms with Crippen LogP contribution in [0.25, 0.3) is 0 Å². The van der Waals surface area contributed by atoms with Crippen LogP contribution >= 0.6 is 0 Å². The molecule has 14 heavy (non-hydrogen) atoms. The molecule has 0 aromatic carbocycles. The molecule has 0 bridgehead atoms. The molecular weight excluding hydrogens is 174 g/mol. The molecule has 72 valence electrons. The van der Waals surface area contributed by atoms with Gasteiger partial charge >= 0.3 is 0 Å². The summed E-state index contributed by atoms with van der Waals surface area (Å²) in [4.78, 5) is 4.01. The second-order valence-corrected chi connectivity index (χ2v) is 3.84. The minimum Gasteiger partial charge on any atom is -0.382 e. The van der Waals surface area contributed by atoms with Gasteiger partial charge in [0.1, 0.15) is 0 Å². The van der Waals surface area contributed by atoms with Crippen molar-refractivity contribution in [2.75, 3.05) is 11.9 Å². The number of pyridine rings is 1. The fourth-order valence-corrected chi connectivity index (χ4v) is 1.67. The zero-order valence-corrected chi connectivity index (χ0v) is 8.03. The molecule has 0 aliphatic heterocycles. The highest BCUT2D eigenvalue weighted by Gasteiger charge is 2.36. The van der Waals surface area contributed by atoms with E-state index in [1.54, 1.807) is 12.4 Å². The summed E-state index contributed by atoms with van der Waals surface area (Å²) in [6.07, 6.45) is 6.76. The highest BCUT2D eigenvalue weighted by molar-refractivity contribution is 5.40. The average molecular weight is 187 g/mol. The van der Waals surface area contributed by atoms with E-state index in [9.17, 15) is 0 Å². The van der Waals surface area contributed by atoms with Crippen molar-refractivity contribution in [1.82, 2.24) is 4.98 Å². The molecule has 3 nitrogen and oxygen atoms in total. The van der Waals surface area contributed by atoms with Crippen molar-refractivity contribution < 1.29 is 0 Å². The molecule has 1 N–H and O–H groups in total. The number of anilines is 1. The Morgan fingerprint density at radius 1 is 1.57 bits per heavy atom. The molecule has 1 aromatic heterocycles. The number of nitrogens with zero attached hydrogens (tertiary/aromatic N) is 2. The van der Waals surface area contributed by atoms with E-state index in [4.69, 9.17) is 5.26 Å². The lowest BCUT2D eigenvalue weighted by Gasteiger charge is -2.35. The summed E-state index contributed by atoms with van der Waals surface area (Å²) in [6, 6.07) is 6.26. The Kier molecular flexibility index (Phi) is 2.36. The van der Waals surface area contributed by atoms with Crippen LogP contribution in [0.15, 0.2) is 24.5 Å². The molecule has 1 fully saturated rings. The van der Waals surface area contributed by atoms with Gasteiger partial charge in [-0.05, 0) is 25.0 Å². The van der Waals surface area contributed by atoms with E-state index in [2.05, 4.69) is 16.4 Å². The van der Waals surface area contributed by atoms with Gasteiger partial charge in [-0.25, -0.2) is 0 Å². The first-order chi connectivity index (χ1) is 6.85. The number of hydrogen-bond donors (Lipinski definition) is 1. The van der Waals surface area contributed by atoms with Crippen molar-refractivity contribution in [3.05, 3.63) is 24.5 Å². The van der Waals surface area contributed by atoms with Gasteiger partial charge in [0, 0.05) is 18.9 Å². The van der Waals surface area contributed by atoms with Gasteiger partial charge in [-0.1, -0.05) is 6.42 Å². The van der Waals surface area contributed by atoms with Gasteiger partial charge in [0.15, 0.2) is 0 Å². The van der Waals surface area contributed by atoms with Crippen LogP contribution in [0.5, 0.6) is 0 Å². The summed E-state index contributed by atoms with van der Waals surface area (Å²) in [6.45, 7) is 0.745. The standard InChI is InChI=1S/C11H13N3/c12-8-11(4-2-5-11)9-14-10-3-1-6-13-7-10/h1,3,6-7,14H,2,4-5,9H2. The topological polar surface area (TPSA) is 48.7 Å². The second kappa shape index (κ2) is 3.67. The third-order valence-electron chi connectivity index (χ3n) is 2.84. The highest BCUT2D eigenvalue weighted by atomic mass is 14.9. The van der Waals surface area contributed by atoms with E-state index < -0.39 is 0 Å². The largest absolute Gasteiger partial charge is 0.382 e. The number of rotatable bonds is 3. The monoisotopic (exact) mass is 187 g/mol. The van der Waals surface area contributed by atoms with Crippen molar-refractivity contribution in [3.63, 3.8) is 0 Å². The van der Waals surface area contributed by atoms with E-state index in [1.165, 1.54) is 6.42 Å². The Morgan fingerprint density at radius 2 is 2.43 bits per heavy atom. The Morgan fingerprint density at radius 3 is 2.93 bits per heavy atom. The zero-order valence-electron chi connectivity index (χ0n) is 8.03. The number of nitriles is 1. The lowest BCUT2D eigenvalue weighted by molar-refractivity contribution is 0.233. The predicted octanol–water partition coefficient (Wildman–Crippen LogP) is 2.19. The molecule has 1 aliphatic rings. The molecule has 0 radical (unpaired) electrons. The fraction of sp³-hybridized carbons (Fsp3) is 0.455. The molecule has 1 saturated carbocycles. The molecule has 0 unspecified atom stereocenters. The van der Waals surface area contributed by atoms with Crippen molar-refractivity contribution in [1.29, 1.82) is 5.26 Å². The van der Waals surface area contributed by atoms with Gasteiger partial charge in [0.05, 0.1) is 17.2 Å². The number of hydrogen-bond acceptors (Lipinski definition) is 3. The predicted molar refractivity (Wildman–Crippen MR) is 54.6 cm³/mol. The van der Waals surface area contributed by atoms with Crippen molar-refractivity contribution >= 4 is 5.69 Å². The molecule has 1 aliphatic carbocycles. The summed E-state index contributed by atoms with van der Waals surface area (Å²) in [5.74, 6) is 0. The normalized spacial score (nSPS) is 17.9. The molecule has 3 heteroatoms. The van der Waals surface area contributed by atoms with E-state index in [0.29, 0.717) is 0 Å². The molecule has 1 aromatic rings. The van der Waals surface area contributed by atoms with Crippen LogP contribution in [0, 0.1) is 16.7 Å². The quantitative estimate of drug-likeness (QED) is 0.789. The van der Waals surface area contributed by atoms with Gasteiger partial charge in [-0.15, -0.1) is 0 Å². The fourth-order valence-electron chi connectivity index (χ4n) is 1.67. The van der Waals surface area contributed by atoms with Gasteiger partial charge in [0.2, 0.25) is 0 Å². The Hall–Kier alpha value is -1.56. The van der Waals surface area contributed by atoms with Crippen molar-refractivity contribution in [2.45, 2.75) is 19.3 Å². The van der Waals surface area contributed by atoms with Crippen LogP contribution in [0.2, 0.25) is 0 Å². The lowest BCUT2D eigenvalue weighted by atomic mass is 9.70. The first kappa shape index (κ1) is 9.01. The summed E-state index contributed by atoms with van der Waals surface area (Å²) >= 11 is 0. The average Bonchev–Trinajstić information content (AvgIpc) is 2.19. The van der Waals surface area contributed by atoms with E-state index in [-0.39, 0.29) is 5.41 Å². The molecule has 0 spiro atoms. The first-order valence-electron chi connectivity index (χ1n) is 4.90. The third-order valence-corrected chi connectivity index (χ3v) is 2.84. The smallest absolute Gasteiger partial charge is 0.0746 e. The number of nitrogens with one attached hydrogen (secondary N) is 1. The minimum atomic E-state index is -0.115. The maximum atomic E-state index is 9.01. The SMILES string of the molecule is N#CC1(CNc2cccnc2)CCC1. The van der Waals surface area contributed by atoms with Crippen LogP contribution in [0.1, 0.15) is 19.3 Å². The van der Waals surface area contributed by atoms with Crippen LogP contribution in [-0.2, 0) is 0 Å². The molecule has 2 rings (SSSR count). The van der Waals surface area contributed by atoms with Crippen LogP contribution < -0.4 is 5.32 Å². The Bertz CT molecular complexity index is 335. The lowest BCUT2D eigenvalue weighted by Crippen LogP contribution is -2.35. The van der Waals surface area contributed by atoms with Crippen LogP contribution in [-0.4, -0.2) is 11.5 Å². The van der Waals surface area contributed by atoms with Gasteiger partial charge in [-0.3, -0.25) is 4.98 Å². The summed E-state index contributed by atoms with van der Waals surface area (Å²) in [5.41, 5.74) is 0.879. The second-order valence-electron chi connectivity index (χ2n) is 3.84. The summed E-state index contributed by atoms with van der Waals surface area (Å²) in [5, 5.41) is 12.3. The zero-order chi connectivity index (χ0) is 9.86. The maximum absolute atomic E-state index is 9.01. The van der Waals surface area contributed by atoms with Gasteiger partial charge in [0.25, 0.3) is 0 Å². The highest BCUT2D eigenvalue weighted by Crippen LogP contribution is 2.40. The Balaban J connectivity index is 1.92. The first-order valence-corrected chi connectivity index (χ1v) is 4.90. The third kappa shape index (κ3) is 1.69. The van der Waals surface area contributed by atoms with Gasteiger partial charge in [-0.2, -0.15) is 5.26 Å². The molecule has 0 saturated heterocycles. The molecule has 0 atom stereocenters. The van der Waals surface area contributed by atoms with Crippen LogP contribution in [0.4, 0.5) is 5.69 Å². The van der Waals surface area contributed by atoms with Crippen molar-refractivity contribution in [3.8, 4) is 6.07 Å². The maximum Gasteiger partial charge on any atom is 0.0746 e. The molecule has 0 amide bonds. The van der Waals surface area contributed by atoms with Crippen LogP contribution in [0.3, 0.4) is 0 Å². The van der Waals surface area contributed by atoms with E-state index in [1.807, 2.05) is 12.1 Å². The van der Waals surface area contributed by atoms with E-state index in [0.717, 1.165) is 25.1 Å². The summed E-state index contributed by atoms with van der Waals surface area (Å²) in [7, 11) is 0. The summed E-state index contributed by atoms with van der Waals surface area (Å²) < 4.78 is 0. The van der Waals surface area contributed by atoms with Crippen molar-refractivity contribution in [2.24, 2.45) is 5.41 Å². The number of aromatic nitrogens is 1.